The Bertz CT molecular complexity index is 518. The minimum atomic E-state index is 0.744. The van der Waals surface area contributed by atoms with Crippen LogP contribution in [0.2, 0.25) is 0 Å². The second-order valence-corrected chi connectivity index (χ2v) is 3.89. The first-order valence-electron chi connectivity index (χ1n) is 5.71. The topological polar surface area (TPSA) is 25.8 Å². The van der Waals surface area contributed by atoms with Crippen LogP contribution < -0.4 is 0 Å². The molecule has 1 heterocycles. The van der Waals surface area contributed by atoms with Crippen molar-refractivity contribution >= 4 is 0 Å². The lowest BCUT2D eigenvalue weighted by Crippen LogP contribution is -1.92. The molecule has 1 aromatic carbocycles. The molecule has 1 aromatic heterocycles. The van der Waals surface area contributed by atoms with Crippen molar-refractivity contribution in [2.24, 2.45) is 0 Å². The van der Waals surface area contributed by atoms with Crippen LogP contribution in [0.15, 0.2) is 36.7 Å². The van der Waals surface area contributed by atoms with Crippen molar-refractivity contribution < 1.29 is 0 Å². The highest BCUT2D eigenvalue weighted by atomic mass is 14.9. The largest absolute Gasteiger partial charge is 0.236 e. The van der Waals surface area contributed by atoms with E-state index in [1.54, 1.807) is 0 Å². The molecule has 0 saturated heterocycles. The fraction of sp³-hybridized carbons (Fsp3) is 0.200. The Labute approximate surface area is 102 Å². The predicted octanol–water partition coefficient (Wildman–Crippen LogP) is 3.08. The van der Waals surface area contributed by atoms with Crippen LogP contribution in [-0.4, -0.2) is 9.97 Å². The molecule has 17 heavy (non-hydrogen) atoms. The second-order valence-electron chi connectivity index (χ2n) is 3.89. The number of rotatable bonds is 3. The van der Waals surface area contributed by atoms with Gasteiger partial charge in [-0.15, -0.1) is 6.42 Å². The van der Waals surface area contributed by atoms with Crippen LogP contribution in [0.25, 0.3) is 11.4 Å². The number of hydrogen-bond acceptors (Lipinski definition) is 2. The van der Waals surface area contributed by atoms with Crippen molar-refractivity contribution in [3.63, 3.8) is 0 Å². The number of benzene rings is 1. The van der Waals surface area contributed by atoms with Crippen LogP contribution in [0.1, 0.15) is 24.5 Å². The van der Waals surface area contributed by atoms with Gasteiger partial charge in [0.1, 0.15) is 0 Å². The van der Waals surface area contributed by atoms with Gasteiger partial charge < -0.3 is 0 Å². The Morgan fingerprint density at radius 3 is 2.29 bits per heavy atom. The third kappa shape index (κ3) is 2.70. The SMILES string of the molecule is C#Cc1ccc(-c2ncc(CCC)cn2)cc1. The molecule has 0 amide bonds. The number of hydrogen-bond donors (Lipinski definition) is 0. The summed E-state index contributed by atoms with van der Waals surface area (Å²) in [6.07, 6.45) is 11.2. The molecule has 84 valence electrons. The van der Waals surface area contributed by atoms with Gasteiger partial charge in [0.15, 0.2) is 5.82 Å². The van der Waals surface area contributed by atoms with E-state index in [1.165, 1.54) is 5.56 Å². The second kappa shape index (κ2) is 5.27. The molecule has 0 unspecified atom stereocenters. The van der Waals surface area contributed by atoms with Gasteiger partial charge in [-0.1, -0.05) is 19.3 Å². The highest BCUT2D eigenvalue weighted by Gasteiger charge is 2.00. The summed E-state index contributed by atoms with van der Waals surface area (Å²) in [6.45, 7) is 2.15. The third-order valence-corrected chi connectivity index (χ3v) is 2.55. The quantitative estimate of drug-likeness (QED) is 0.746. The summed E-state index contributed by atoms with van der Waals surface area (Å²) in [5, 5.41) is 0. The fourth-order valence-electron chi connectivity index (χ4n) is 1.64. The maximum absolute atomic E-state index is 5.31. The molecule has 0 aliphatic rings. The van der Waals surface area contributed by atoms with Crippen molar-refractivity contribution in [3.8, 4) is 23.7 Å². The summed E-state index contributed by atoms with van der Waals surface area (Å²) >= 11 is 0. The van der Waals surface area contributed by atoms with E-state index < -0.39 is 0 Å². The van der Waals surface area contributed by atoms with Crippen molar-refractivity contribution in [2.75, 3.05) is 0 Å². The van der Waals surface area contributed by atoms with Gasteiger partial charge in [0, 0.05) is 23.5 Å². The molecule has 0 N–H and O–H groups in total. The summed E-state index contributed by atoms with van der Waals surface area (Å²) in [7, 11) is 0. The summed E-state index contributed by atoms with van der Waals surface area (Å²) in [5.41, 5.74) is 3.04. The third-order valence-electron chi connectivity index (χ3n) is 2.55. The van der Waals surface area contributed by atoms with Gasteiger partial charge in [-0.3, -0.25) is 0 Å². The molecule has 0 aliphatic heterocycles. The van der Waals surface area contributed by atoms with E-state index >= 15 is 0 Å². The van der Waals surface area contributed by atoms with Crippen LogP contribution in [0.4, 0.5) is 0 Å². The molecule has 2 aromatic rings. The Morgan fingerprint density at radius 1 is 1.12 bits per heavy atom. The molecule has 2 heteroatoms. The highest BCUT2D eigenvalue weighted by molar-refractivity contribution is 5.56. The van der Waals surface area contributed by atoms with Gasteiger partial charge in [-0.25, -0.2) is 9.97 Å². The van der Waals surface area contributed by atoms with Crippen molar-refractivity contribution in [2.45, 2.75) is 19.8 Å². The molecule has 2 nitrogen and oxygen atoms in total. The molecule has 0 saturated carbocycles. The van der Waals surface area contributed by atoms with Crippen molar-refractivity contribution in [1.29, 1.82) is 0 Å². The molecular weight excluding hydrogens is 208 g/mol. The molecular formula is C15H14N2. The van der Waals surface area contributed by atoms with Gasteiger partial charge in [0.2, 0.25) is 0 Å². The van der Waals surface area contributed by atoms with E-state index in [4.69, 9.17) is 6.42 Å². The Kier molecular flexibility index (Phi) is 3.52. The zero-order chi connectivity index (χ0) is 12.1. The van der Waals surface area contributed by atoms with Crippen LogP contribution in [0.3, 0.4) is 0 Å². The molecule has 0 atom stereocenters. The van der Waals surface area contributed by atoms with E-state index in [-0.39, 0.29) is 0 Å². The summed E-state index contributed by atoms with van der Waals surface area (Å²) in [5.74, 6) is 3.33. The zero-order valence-corrected chi connectivity index (χ0v) is 9.85. The molecule has 0 bridgehead atoms. The number of aromatic nitrogens is 2. The van der Waals surface area contributed by atoms with Crippen LogP contribution in [0.5, 0.6) is 0 Å². The molecule has 2 rings (SSSR count). The first-order chi connectivity index (χ1) is 8.33. The van der Waals surface area contributed by atoms with E-state index in [1.807, 2.05) is 36.7 Å². The Morgan fingerprint density at radius 2 is 1.76 bits per heavy atom. The predicted molar refractivity (Wildman–Crippen MR) is 69.4 cm³/mol. The van der Waals surface area contributed by atoms with E-state index in [0.29, 0.717) is 0 Å². The van der Waals surface area contributed by atoms with Crippen molar-refractivity contribution in [1.82, 2.24) is 9.97 Å². The summed E-state index contributed by atoms with van der Waals surface area (Å²) in [4.78, 5) is 8.72. The minimum absolute atomic E-state index is 0.744. The van der Waals surface area contributed by atoms with Gasteiger partial charge in [0.25, 0.3) is 0 Å². The van der Waals surface area contributed by atoms with Gasteiger partial charge in [0.05, 0.1) is 0 Å². The average molecular weight is 222 g/mol. The molecule has 0 radical (unpaired) electrons. The maximum Gasteiger partial charge on any atom is 0.159 e. The van der Waals surface area contributed by atoms with Crippen LogP contribution in [0, 0.1) is 12.3 Å². The van der Waals surface area contributed by atoms with E-state index in [2.05, 4.69) is 22.8 Å². The maximum atomic E-state index is 5.31. The highest BCUT2D eigenvalue weighted by Crippen LogP contribution is 2.15. The lowest BCUT2D eigenvalue weighted by atomic mass is 10.1. The molecule has 0 aliphatic carbocycles. The summed E-state index contributed by atoms with van der Waals surface area (Å²) < 4.78 is 0. The zero-order valence-electron chi connectivity index (χ0n) is 9.85. The fourth-order valence-corrected chi connectivity index (χ4v) is 1.64. The Balaban J connectivity index is 2.24. The lowest BCUT2D eigenvalue weighted by molar-refractivity contribution is 0.902. The Hall–Kier alpha value is -2.14. The summed E-state index contributed by atoms with van der Waals surface area (Å²) in [6, 6.07) is 7.70. The number of aryl methyl sites for hydroxylation is 1. The first-order valence-corrected chi connectivity index (χ1v) is 5.71. The smallest absolute Gasteiger partial charge is 0.159 e. The average Bonchev–Trinajstić information content (AvgIpc) is 2.40. The monoisotopic (exact) mass is 222 g/mol. The van der Waals surface area contributed by atoms with Gasteiger partial charge in [-0.2, -0.15) is 0 Å². The number of nitrogens with zero attached hydrogens (tertiary/aromatic N) is 2. The van der Waals surface area contributed by atoms with E-state index in [0.717, 1.165) is 29.8 Å². The minimum Gasteiger partial charge on any atom is -0.236 e. The van der Waals surface area contributed by atoms with Gasteiger partial charge >= 0.3 is 0 Å². The lowest BCUT2D eigenvalue weighted by Gasteiger charge is -2.02. The van der Waals surface area contributed by atoms with Gasteiger partial charge in [-0.05, 0) is 36.2 Å². The van der Waals surface area contributed by atoms with E-state index in [9.17, 15) is 0 Å². The van der Waals surface area contributed by atoms with Crippen molar-refractivity contribution in [3.05, 3.63) is 47.8 Å². The molecule has 0 spiro atoms. The number of terminal acetylenes is 1. The van der Waals surface area contributed by atoms with Crippen LogP contribution in [-0.2, 0) is 6.42 Å². The standard InChI is InChI=1S/C15H14N2/c1-3-5-13-10-16-15(17-11-13)14-8-6-12(4-2)7-9-14/h2,6-11H,3,5H2,1H3. The molecule has 0 fully saturated rings. The first kappa shape index (κ1) is 11.3. The van der Waals surface area contributed by atoms with Crippen LogP contribution >= 0.6 is 0 Å². The normalized spacial score (nSPS) is 9.88.